The molecule has 2 heterocycles. The van der Waals surface area contributed by atoms with E-state index in [2.05, 4.69) is 20.9 Å². The monoisotopic (exact) mass is 332 g/mol. The molecule has 0 spiro atoms. The number of hydrogen-bond acceptors (Lipinski definition) is 4. The van der Waals surface area contributed by atoms with E-state index in [1.165, 1.54) is 19.5 Å². The van der Waals surface area contributed by atoms with Crippen molar-refractivity contribution in [1.29, 1.82) is 0 Å². The molecule has 3 rings (SSSR count). The fourth-order valence-corrected chi connectivity index (χ4v) is 2.52. The molecule has 0 atom stereocenters. The number of benzene rings is 1. The first kappa shape index (κ1) is 12.8. The van der Waals surface area contributed by atoms with Crippen molar-refractivity contribution < 1.29 is 14.3 Å². The van der Waals surface area contributed by atoms with Crippen molar-refractivity contribution in [3.63, 3.8) is 0 Å². The van der Waals surface area contributed by atoms with Gasteiger partial charge >= 0.3 is 0 Å². The second-order valence-corrected chi connectivity index (χ2v) is 5.04. The second-order valence-electron chi connectivity index (χ2n) is 4.18. The lowest BCUT2D eigenvalue weighted by atomic mass is 10.2. The van der Waals surface area contributed by atoms with E-state index in [0.717, 1.165) is 4.90 Å². The van der Waals surface area contributed by atoms with Crippen LogP contribution < -0.4 is 9.64 Å². The number of anilines is 1. The number of hydrogen-bond donors (Lipinski definition) is 0. The van der Waals surface area contributed by atoms with Gasteiger partial charge in [-0.05, 0) is 34.1 Å². The molecule has 1 aromatic carbocycles. The van der Waals surface area contributed by atoms with Crippen molar-refractivity contribution in [2.45, 2.75) is 0 Å². The average Bonchev–Trinajstić information content (AvgIpc) is 2.72. The number of carbonyl (C=O) groups excluding carboxylic acids is 2. The number of fused-ring (bicyclic) bond motifs is 1. The van der Waals surface area contributed by atoms with Crippen LogP contribution >= 0.6 is 15.9 Å². The van der Waals surface area contributed by atoms with Crippen LogP contribution in [0.2, 0.25) is 0 Å². The molecule has 0 saturated heterocycles. The van der Waals surface area contributed by atoms with E-state index < -0.39 is 0 Å². The predicted molar refractivity (Wildman–Crippen MR) is 76.1 cm³/mol. The fourth-order valence-electron chi connectivity index (χ4n) is 2.09. The Hall–Kier alpha value is -2.21. The zero-order valence-electron chi connectivity index (χ0n) is 10.5. The molecule has 1 aliphatic rings. The SMILES string of the molecule is COc1ccc(Br)c(N2C(=O)c3ccncc3C2=O)c1. The molecular formula is C14H9BrN2O3. The zero-order chi connectivity index (χ0) is 14.3. The van der Waals surface area contributed by atoms with E-state index in [9.17, 15) is 9.59 Å². The second kappa shape index (κ2) is 4.72. The Morgan fingerprint density at radius 3 is 2.60 bits per heavy atom. The van der Waals surface area contributed by atoms with E-state index in [1.807, 2.05) is 0 Å². The number of amides is 2. The van der Waals surface area contributed by atoms with Crippen LogP contribution in [-0.2, 0) is 0 Å². The van der Waals surface area contributed by atoms with Gasteiger partial charge in [-0.15, -0.1) is 0 Å². The molecule has 1 aromatic heterocycles. The molecule has 5 nitrogen and oxygen atoms in total. The normalized spacial score (nSPS) is 13.6. The molecule has 0 radical (unpaired) electrons. The molecule has 0 fully saturated rings. The highest BCUT2D eigenvalue weighted by Crippen LogP contribution is 2.35. The molecule has 0 aliphatic carbocycles. The maximum Gasteiger partial charge on any atom is 0.267 e. The molecule has 20 heavy (non-hydrogen) atoms. The molecule has 1 aliphatic heterocycles. The summed E-state index contributed by atoms with van der Waals surface area (Å²) in [7, 11) is 1.53. The minimum Gasteiger partial charge on any atom is -0.497 e. The van der Waals surface area contributed by atoms with Gasteiger partial charge in [-0.2, -0.15) is 0 Å². The minimum absolute atomic E-state index is 0.312. The van der Waals surface area contributed by atoms with E-state index in [-0.39, 0.29) is 11.8 Å². The van der Waals surface area contributed by atoms with E-state index in [4.69, 9.17) is 4.74 Å². The first-order valence-electron chi connectivity index (χ1n) is 5.80. The molecule has 0 N–H and O–H groups in total. The van der Waals surface area contributed by atoms with Gasteiger partial charge < -0.3 is 4.74 Å². The summed E-state index contributed by atoms with van der Waals surface area (Å²) >= 11 is 3.35. The minimum atomic E-state index is -0.382. The van der Waals surface area contributed by atoms with Crippen LogP contribution in [0.4, 0.5) is 5.69 Å². The van der Waals surface area contributed by atoms with Gasteiger partial charge in [0.25, 0.3) is 11.8 Å². The lowest BCUT2D eigenvalue weighted by molar-refractivity contribution is 0.0926. The molecule has 0 unspecified atom stereocenters. The summed E-state index contributed by atoms with van der Waals surface area (Å²) in [5.41, 5.74) is 1.13. The van der Waals surface area contributed by atoms with Crippen LogP contribution in [0.15, 0.2) is 41.1 Å². The third-order valence-corrected chi connectivity index (χ3v) is 3.75. The molecule has 100 valence electrons. The number of rotatable bonds is 2. The Morgan fingerprint density at radius 2 is 1.90 bits per heavy atom. The van der Waals surface area contributed by atoms with Gasteiger partial charge in [0.1, 0.15) is 5.75 Å². The van der Waals surface area contributed by atoms with Gasteiger partial charge in [0.05, 0.1) is 23.9 Å². The smallest absolute Gasteiger partial charge is 0.267 e. The van der Waals surface area contributed by atoms with Crippen LogP contribution in [0.25, 0.3) is 0 Å². The lowest BCUT2D eigenvalue weighted by Gasteiger charge is -2.16. The molecular weight excluding hydrogens is 324 g/mol. The number of nitrogens with zero attached hydrogens (tertiary/aromatic N) is 2. The first-order chi connectivity index (χ1) is 9.63. The van der Waals surface area contributed by atoms with Crippen molar-refractivity contribution in [2.24, 2.45) is 0 Å². The summed E-state index contributed by atoms with van der Waals surface area (Å²) in [6, 6.07) is 6.66. The van der Waals surface area contributed by atoms with Crippen molar-refractivity contribution in [3.8, 4) is 5.75 Å². The van der Waals surface area contributed by atoms with Gasteiger partial charge in [0.2, 0.25) is 0 Å². The fraction of sp³-hybridized carbons (Fsp3) is 0.0714. The summed E-state index contributed by atoms with van der Waals surface area (Å²) in [4.78, 5) is 29.8. The Balaban J connectivity index is 2.14. The standard InChI is InChI=1S/C14H9BrN2O3/c1-20-8-2-3-11(15)12(6-8)17-13(18)9-4-5-16-7-10(9)14(17)19/h2-7H,1H3. The van der Waals surface area contributed by atoms with Crippen LogP contribution in [0.1, 0.15) is 20.7 Å². The van der Waals surface area contributed by atoms with Crippen molar-refractivity contribution in [2.75, 3.05) is 12.0 Å². The predicted octanol–water partition coefficient (Wildman–Crippen LogP) is 2.65. The highest BCUT2D eigenvalue weighted by atomic mass is 79.9. The Morgan fingerprint density at radius 1 is 1.15 bits per heavy atom. The topological polar surface area (TPSA) is 59.5 Å². The largest absolute Gasteiger partial charge is 0.497 e. The Kier molecular flexibility index (Phi) is 3.02. The van der Waals surface area contributed by atoms with Crippen LogP contribution in [-0.4, -0.2) is 23.9 Å². The molecule has 2 aromatic rings. The number of pyridine rings is 1. The molecule has 6 heteroatoms. The Labute approximate surface area is 123 Å². The van der Waals surface area contributed by atoms with E-state index in [1.54, 1.807) is 24.3 Å². The molecule has 0 saturated carbocycles. The number of halogens is 1. The van der Waals surface area contributed by atoms with Crippen LogP contribution in [0.5, 0.6) is 5.75 Å². The maximum absolute atomic E-state index is 12.4. The Bertz CT molecular complexity index is 695. The lowest BCUT2D eigenvalue weighted by Crippen LogP contribution is -2.29. The van der Waals surface area contributed by atoms with Gasteiger partial charge in [-0.25, -0.2) is 4.90 Å². The summed E-state index contributed by atoms with van der Waals surface area (Å²) in [6.45, 7) is 0. The zero-order valence-corrected chi connectivity index (χ0v) is 12.0. The van der Waals surface area contributed by atoms with Gasteiger partial charge in [0.15, 0.2) is 0 Å². The van der Waals surface area contributed by atoms with Gasteiger partial charge in [-0.3, -0.25) is 14.6 Å². The summed E-state index contributed by atoms with van der Waals surface area (Å²) in [5, 5.41) is 0. The summed E-state index contributed by atoms with van der Waals surface area (Å²) in [5.74, 6) is -0.175. The highest BCUT2D eigenvalue weighted by Gasteiger charge is 2.37. The molecule has 2 amide bonds. The third-order valence-electron chi connectivity index (χ3n) is 3.08. The third kappa shape index (κ3) is 1.80. The molecule has 0 bridgehead atoms. The number of aromatic nitrogens is 1. The van der Waals surface area contributed by atoms with E-state index >= 15 is 0 Å². The van der Waals surface area contributed by atoms with Crippen LogP contribution in [0.3, 0.4) is 0 Å². The van der Waals surface area contributed by atoms with Crippen molar-refractivity contribution >= 4 is 33.4 Å². The number of carbonyl (C=O) groups is 2. The summed E-state index contributed by atoms with van der Waals surface area (Å²) < 4.78 is 5.77. The van der Waals surface area contributed by atoms with Crippen molar-refractivity contribution in [3.05, 3.63) is 52.3 Å². The van der Waals surface area contributed by atoms with E-state index in [0.29, 0.717) is 27.0 Å². The van der Waals surface area contributed by atoms with Gasteiger partial charge in [-0.1, -0.05) is 0 Å². The maximum atomic E-state index is 12.4. The van der Waals surface area contributed by atoms with Gasteiger partial charge in [0, 0.05) is 22.9 Å². The highest BCUT2D eigenvalue weighted by molar-refractivity contribution is 9.10. The number of imide groups is 1. The quantitative estimate of drug-likeness (QED) is 0.793. The van der Waals surface area contributed by atoms with Crippen molar-refractivity contribution in [1.82, 2.24) is 4.98 Å². The average molecular weight is 333 g/mol. The summed E-state index contributed by atoms with van der Waals surface area (Å²) in [6.07, 6.45) is 2.90. The first-order valence-corrected chi connectivity index (χ1v) is 6.59. The van der Waals surface area contributed by atoms with Crippen LogP contribution in [0, 0.1) is 0 Å². The number of methoxy groups -OCH3 is 1. The number of ether oxygens (including phenoxy) is 1.